The molecule has 0 saturated carbocycles. The molecule has 4 nitrogen and oxygen atoms in total. The van der Waals surface area contributed by atoms with Crippen LogP contribution in [0.4, 0.5) is 5.69 Å². The first-order valence-electron chi connectivity index (χ1n) is 6.75. The monoisotopic (exact) mass is 257 g/mol. The number of rotatable bonds is 3. The highest BCUT2D eigenvalue weighted by molar-refractivity contribution is 5.43. The van der Waals surface area contributed by atoms with Gasteiger partial charge in [-0.2, -0.15) is 5.10 Å². The lowest BCUT2D eigenvalue weighted by Gasteiger charge is -2.33. The third-order valence-electron chi connectivity index (χ3n) is 3.92. The minimum Gasteiger partial charge on any atom is -0.496 e. The van der Waals surface area contributed by atoms with Gasteiger partial charge in [0.2, 0.25) is 0 Å². The van der Waals surface area contributed by atoms with Crippen molar-refractivity contribution in [2.75, 3.05) is 25.1 Å². The first kappa shape index (κ1) is 12.1. The fraction of sp³-hybridized carbons (Fsp3) is 0.400. The van der Waals surface area contributed by atoms with E-state index < -0.39 is 0 Å². The van der Waals surface area contributed by atoms with Gasteiger partial charge in [-0.15, -0.1) is 0 Å². The number of piperidine rings is 1. The maximum Gasteiger partial charge on any atom is 0.122 e. The number of nitrogens with one attached hydrogen (secondary N) is 1. The molecule has 19 heavy (non-hydrogen) atoms. The molecule has 1 saturated heterocycles. The van der Waals surface area contributed by atoms with E-state index in [1.807, 2.05) is 18.5 Å². The number of methoxy groups -OCH3 is 1. The van der Waals surface area contributed by atoms with Gasteiger partial charge in [-0.05, 0) is 30.4 Å². The number of para-hydroxylation sites is 1. The summed E-state index contributed by atoms with van der Waals surface area (Å²) in [5.41, 5.74) is 2.54. The number of benzene rings is 1. The summed E-state index contributed by atoms with van der Waals surface area (Å²) in [6.07, 6.45) is 6.17. The topological polar surface area (TPSA) is 41.1 Å². The van der Waals surface area contributed by atoms with Crippen LogP contribution in [-0.4, -0.2) is 30.4 Å². The van der Waals surface area contributed by atoms with Crippen LogP contribution in [0, 0.1) is 0 Å². The molecule has 0 amide bonds. The van der Waals surface area contributed by atoms with Crippen molar-refractivity contribution in [2.45, 2.75) is 18.8 Å². The van der Waals surface area contributed by atoms with Crippen LogP contribution in [-0.2, 0) is 0 Å². The number of hydrogen-bond acceptors (Lipinski definition) is 3. The number of aromatic nitrogens is 2. The molecule has 1 aromatic heterocycles. The summed E-state index contributed by atoms with van der Waals surface area (Å²) < 4.78 is 5.47. The number of H-pyrrole nitrogens is 1. The molecular formula is C15H19N3O. The zero-order chi connectivity index (χ0) is 13.1. The predicted octanol–water partition coefficient (Wildman–Crippen LogP) is 2.80. The lowest BCUT2D eigenvalue weighted by molar-refractivity contribution is 0.397. The number of aromatic amines is 1. The Bertz CT molecular complexity index is 516. The Labute approximate surface area is 113 Å². The maximum absolute atomic E-state index is 5.47. The molecule has 2 aromatic rings. The van der Waals surface area contributed by atoms with E-state index in [1.165, 1.54) is 11.3 Å². The summed E-state index contributed by atoms with van der Waals surface area (Å²) in [5, 5.41) is 6.89. The second-order valence-electron chi connectivity index (χ2n) is 4.96. The molecule has 0 atom stereocenters. The molecule has 1 aliphatic rings. The van der Waals surface area contributed by atoms with Crippen LogP contribution >= 0.6 is 0 Å². The summed E-state index contributed by atoms with van der Waals surface area (Å²) >= 11 is 0. The number of hydrogen-bond donors (Lipinski definition) is 1. The molecule has 0 bridgehead atoms. The fourth-order valence-electron chi connectivity index (χ4n) is 2.87. The van der Waals surface area contributed by atoms with Crippen molar-refractivity contribution in [3.63, 3.8) is 0 Å². The largest absolute Gasteiger partial charge is 0.496 e. The molecule has 2 heterocycles. The van der Waals surface area contributed by atoms with Crippen LogP contribution in [0.15, 0.2) is 36.7 Å². The van der Waals surface area contributed by atoms with Gasteiger partial charge in [-0.3, -0.25) is 5.10 Å². The lowest BCUT2D eigenvalue weighted by atomic mass is 9.89. The molecule has 100 valence electrons. The Morgan fingerprint density at radius 3 is 2.74 bits per heavy atom. The standard InChI is InChI=1S/C15H19N3O/c1-19-15-5-3-2-4-14(15)12-6-8-18(9-7-12)13-10-16-17-11-13/h2-5,10-12H,6-9H2,1H3,(H,16,17). The van der Waals surface area contributed by atoms with E-state index in [1.54, 1.807) is 7.11 Å². The normalized spacial score (nSPS) is 16.6. The lowest BCUT2D eigenvalue weighted by Crippen LogP contribution is -2.32. The molecule has 1 N–H and O–H groups in total. The molecule has 0 aliphatic carbocycles. The van der Waals surface area contributed by atoms with Crippen molar-refractivity contribution in [1.29, 1.82) is 0 Å². The third kappa shape index (κ3) is 2.43. The zero-order valence-electron chi connectivity index (χ0n) is 11.2. The van der Waals surface area contributed by atoms with Gasteiger partial charge in [-0.25, -0.2) is 0 Å². The van der Waals surface area contributed by atoms with Crippen LogP contribution in [0.25, 0.3) is 0 Å². The molecule has 1 aromatic carbocycles. The van der Waals surface area contributed by atoms with E-state index in [0.29, 0.717) is 5.92 Å². The van der Waals surface area contributed by atoms with Gasteiger partial charge in [0.25, 0.3) is 0 Å². The van der Waals surface area contributed by atoms with Crippen LogP contribution in [0.5, 0.6) is 5.75 Å². The summed E-state index contributed by atoms with van der Waals surface area (Å²) in [6, 6.07) is 8.37. The number of nitrogens with zero attached hydrogens (tertiary/aromatic N) is 2. The summed E-state index contributed by atoms with van der Waals surface area (Å²) in [7, 11) is 1.75. The molecule has 1 aliphatic heterocycles. The SMILES string of the molecule is COc1ccccc1C1CCN(c2cn[nH]c2)CC1. The van der Waals surface area contributed by atoms with Crippen molar-refractivity contribution in [2.24, 2.45) is 0 Å². The predicted molar refractivity (Wildman–Crippen MR) is 75.8 cm³/mol. The quantitative estimate of drug-likeness (QED) is 0.919. The van der Waals surface area contributed by atoms with Crippen LogP contribution in [0.1, 0.15) is 24.3 Å². The Balaban J connectivity index is 1.70. The highest BCUT2D eigenvalue weighted by Gasteiger charge is 2.23. The summed E-state index contributed by atoms with van der Waals surface area (Å²) in [6.45, 7) is 2.14. The van der Waals surface area contributed by atoms with E-state index in [-0.39, 0.29) is 0 Å². The van der Waals surface area contributed by atoms with E-state index in [4.69, 9.17) is 4.74 Å². The summed E-state index contributed by atoms with van der Waals surface area (Å²) in [4.78, 5) is 2.38. The highest BCUT2D eigenvalue weighted by atomic mass is 16.5. The Morgan fingerprint density at radius 1 is 1.26 bits per heavy atom. The first-order valence-corrected chi connectivity index (χ1v) is 6.75. The van der Waals surface area contributed by atoms with Gasteiger partial charge in [0.15, 0.2) is 0 Å². The van der Waals surface area contributed by atoms with Gasteiger partial charge in [-0.1, -0.05) is 18.2 Å². The fourth-order valence-corrected chi connectivity index (χ4v) is 2.87. The van der Waals surface area contributed by atoms with Crippen molar-refractivity contribution >= 4 is 5.69 Å². The molecule has 0 spiro atoms. The zero-order valence-corrected chi connectivity index (χ0v) is 11.2. The van der Waals surface area contributed by atoms with Crippen molar-refractivity contribution < 1.29 is 4.74 Å². The Morgan fingerprint density at radius 2 is 2.05 bits per heavy atom. The minimum atomic E-state index is 0.597. The van der Waals surface area contributed by atoms with Crippen LogP contribution in [0.3, 0.4) is 0 Å². The van der Waals surface area contributed by atoms with Gasteiger partial charge in [0.05, 0.1) is 19.0 Å². The number of ether oxygens (including phenoxy) is 1. The number of anilines is 1. The summed E-state index contributed by atoms with van der Waals surface area (Å²) in [5.74, 6) is 1.61. The first-order chi connectivity index (χ1) is 9.38. The molecule has 0 radical (unpaired) electrons. The van der Waals surface area contributed by atoms with Gasteiger partial charge in [0, 0.05) is 19.3 Å². The maximum atomic E-state index is 5.47. The van der Waals surface area contributed by atoms with Gasteiger partial charge < -0.3 is 9.64 Å². The van der Waals surface area contributed by atoms with E-state index in [2.05, 4.69) is 33.3 Å². The average molecular weight is 257 g/mol. The molecule has 1 fully saturated rings. The van der Waals surface area contributed by atoms with Crippen molar-refractivity contribution in [1.82, 2.24) is 10.2 Å². The molecular weight excluding hydrogens is 238 g/mol. The van der Waals surface area contributed by atoms with E-state index in [0.717, 1.165) is 31.7 Å². The minimum absolute atomic E-state index is 0.597. The van der Waals surface area contributed by atoms with Crippen molar-refractivity contribution in [3.05, 3.63) is 42.2 Å². The highest BCUT2D eigenvalue weighted by Crippen LogP contribution is 2.34. The average Bonchev–Trinajstić information content (AvgIpc) is 3.02. The van der Waals surface area contributed by atoms with Crippen LogP contribution < -0.4 is 9.64 Å². The van der Waals surface area contributed by atoms with Gasteiger partial charge in [0.1, 0.15) is 5.75 Å². The Kier molecular flexibility index (Phi) is 3.40. The van der Waals surface area contributed by atoms with Gasteiger partial charge >= 0.3 is 0 Å². The molecule has 0 unspecified atom stereocenters. The third-order valence-corrected chi connectivity index (χ3v) is 3.92. The second-order valence-corrected chi connectivity index (χ2v) is 4.96. The Hall–Kier alpha value is -1.97. The van der Waals surface area contributed by atoms with E-state index in [9.17, 15) is 0 Å². The van der Waals surface area contributed by atoms with Crippen molar-refractivity contribution in [3.8, 4) is 5.75 Å². The second kappa shape index (κ2) is 5.34. The molecule has 4 heteroatoms. The van der Waals surface area contributed by atoms with E-state index >= 15 is 0 Å². The smallest absolute Gasteiger partial charge is 0.122 e. The van der Waals surface area contributed by atoms with Crippen LogP contribution in [0.2, 0.25) is 0 Å². The molecule has 3 rings (SSSR count).